The van der Waals surface area contributed by atoms with Gasteiger partial charge in [0.15, 0.2) is 0 Å². The van der Waals surface area contributed by atoms with Crippen molar-refractivity contribution in [3.63, 3.8) is 0 Å². The van der Waals surface area contributed by atoms with Gasteiger partial charge in [-0.25, -0.2) is 4.98 Å². The average molecular weight is 423 g/mol. The van der Waals surface area contributed by atoms with Crippen LogP contribution < -0.4 is 4.74 Å². The summed E-state index contributed by atoms with van der Waals surface area (Å²) in [5.41, 5.74) is 4.73. The smallest absolute Gasteiger partial charge is 0.124 e. The van der Waals surface area contributed by atoms with Crippen molar-refractivity contribution in [2.75, 3.05) is 33.4 Å². The Hall–Kier alpha value is -2.41. The number of hydrogen-bond donors (Lipinski definition) is 1. The number of ether oxygens (including phenoxy) is 1. The van der Waals surface area contributed by atoms with E-state index in [0.29, 0.717) is 6.04 Å². The first kappa shape index (κ1) is 21.8. The summed E-state index contributed by atoms with van der Waals surface area (Å²) in [6.45, 7) is 10.1. The molecule has 0 radical (unpaired) electrons. The van der Waals surface area contributed by atoms with Gasteiger partial charge in [0.25, 0.3) is 0 Å². The lowest BCUT2D eigenvalue weighted by molar-refractivity contribution is 0.0483. The van der Waals surface area contributed by atoms with E-state index < -0.39 is 0 Å². The van der Waals surface area contributed by atoms with E-state index in [9.17, 15) is 5.11 Å². The number of rotatable bonds is 8. The number of aromatic nitrogens is 2. The van der Waals surface area contributed by atoms with E-state index in [1.165, 1.54) is 11.1 Å². The molecular weight excluding hydrogens is 388 g/mol. The third-order valence-electron chi connectivity index (χ3n) is 6.41. The summed E-state index contributed by atoms with van der Waals surface area (Å²) in [6, 6.07) is 15.1. The lowest BCUT2D eigenvalue weighted by Crippen LogP contribution is -2.52. The highest BCUT2D eigenvalue weighted by atomic mass is 16.5. The van der Waals surface area contributed by atoms with Crippen LogP contribution >= 0.6 is 0 Å². The zero-order valence-electron chi connectivity index (χ0n) is 18.9. The van der Waals surface area contributed by atoms with Crippen LogP contribution in [0.3, 0.4) is 0 Å². The minimum atomic E-state index is 0.212. The Morgan fingerprint density at radius 1 is 1.13 bits per heavy atom. The number of aliphatic hydroxyl groups is 1. The van der Waals surface area contributed by atoms with Crippen molar-refractivity contribution in [3.05, 3.63) is 59.4 Å². The molecule has 1 aliphatic rings. The van der Waals surface area contributed by atoms with Crippen molar-refractivity contribution in [1.82, 2.24) is 19.4 Å². The summed E-state index contributed by atoms with van der Waals surface area (Å²) in [5.74, 6) is 2.06. The molecule has 1 aromatic heterocycles. The Kier molecular flexibility index (Phi) is 6.90. The van der Waals surface area contributed by atoms with Gasteiger partial charge in [-0.3, -0.25) is 9.80 Å². The molecule has 1 fully saturated rings. The van der Waals surface area contributed by atoms with Gasteiger partial charge in [0.2, 0.25) is 0 Å². The first-order chi connectivity index (χ1) is 15.1. The second-order valence-electron chi connectivity index (χ2n) is 8.44. The van der Waals surface area contributed by atoms with Crippen LogP contribution in [-0.4, -0.2) is 63.9 Å². The maximum atomic E-state index is 9.69. The summed E-state index contributed by atoms with van der Waals surface area (Å²) in [6.07, 6.45) is 0.788. The number of fused-ring (bicyclic) bond motifs is 1. The molecular formula is C25H34N4O2. The third-order valence-corrected chi connectivity index (χ3v) is 6.41. The Labute approximate surface area is 185 Å². The van der Waals surface area contributed by atoms with Crippen LogP contribution in [0.5, 0.6) is 5.75 Å². The summed E-state index contributed by atoms with van der Waals surface area (Å²) < 4.78 is 7.72. The van der Waals surface area contributed by atoms with Crippen molar-refractivity contribution in [1.29, 1.82) is 0 Å². The molecule has 0 saturated carbocycles. The predicted octanol–water partition coefficient (Wildman–Crippen LogP) is 3.44. The van der Waals surface area contributed by atoms with Gasteiger partial charge in [-0.2, -0.15) is 0 Å². The van der Waals surface area contributed by atoms with E-state index in [0.717, 1.165) is 68.3 Å². The molecule has 0 amide bonds. The van der Waals surface area contributed by atoms with Crippen LogP contribution in [0, 0.1) is 6.92 Å². The van der Waals surface area contributed by atoms with Crippen molar-refractivity contribution in [2.24, 2.45) is 0 Å². The maximum absolute atomic E-state index is 9.69. The van der Waals surface area contributed by atoms with Crippen molar-refractivity contribution < 1.29 is 9.84 Å². The number of piperazine rings is 1. The molecule has 166 valence electrons. The van der Waals surface area contributed by atoms with Crippen LogP contribution in [0.1, 0.15) is 30.3 Å². The zero-order chi connectivity index (χ0) is 21.8. The summed E-state index contributed by atoms with van der Waals surface area (Å²) in [7, 11) is 1.71. The van der Waals surface area contributed by atoms with Crippen LogP contribution in [0.4, 0.5) is 0 Å². The fourth-order valence-electron chi connectivity index (χ4n) is 4.80. The fourth-order valence-corrected chi connectivity index (χ4v) is 4.80. The lowest BCUT2D eigenvalue weighted by atomic mass is 10.1. The van der Waals surface area contributed by atoms with Crippen molar-refractivity contribution in [3.8, 4) is 5.75 Å². The molecule has 0 bridgehead atoms. The topological polar surface area (TPSA) is 53.8 Å². The van der Waals surface area contributed by atoms with Gasteiger partial charge >= 0.3 is 0 Å². The Morgan fingerprint density at radius 2 is 1.97 bits per heavy atom. The molecule has 1 atom stereocenters. The Morgan fingerprint density at radius 3 is 2.71 bits per heavy atom. The van der Waals surface area contributed by atoms with E-state index in [2.05, 4.69) is 70.7 Å². The molecule has 1 saturated heterocycles. The van der Waals surface area contributed by atoms with Crippen LogP contribution in [0.25, 0.3) is 11.0 Å². The molecule has 0 aliphatic carbocycles. The second kappa shape index (κ2) is 9.81. The van der Waals surface area contributed by atoms with E-state index in [-0.39, 0.29) is 6.61 Å². The summed E-state index contributed by atoms with van der Waals surface area (Å²) >= 11 is 0. The van der Waals surface area contributed by atoms with Crippen molar-refractivity contribution >= 4 is 11.0 Å². The molecule has 6 nitrogen and oxygen atoms in total. The van der Waals surface area contributed by atoms with Gasteiger partial charge in [-0.05, 0) is 49.6 Å². The largest absolute Gasteiger partial charge is 0.496 e. The van der Waals surface area contributed by atoms with Crippen LogP contribution in [0.2, 0.25) is 0 Å². The second-order valence-corrected chi connectivity index (χ2v) is 8.44. The van der Waals surface area contributed by atoms with Gasteiger partial charge in [-0.15, -0.1) is 0 Å². The minimum Gasteiger partial charge on any atom is -0.496 e. The van der Waals surface area contributed by atoms with E-state index >= 15 is 0 Å². The number of hydrogen-bond acceptors (Lipinski definition) is 5. The monoisotopic (exact) mass is 422 g/mol. The molecule has 31 heavy (non-hydrogen) atoms. The summed E-state index contributed by atoms with van der Waals surface area (Å²) in [5, 5.41) is 9.69. The highest BCUT2D eigenvalue weighted by molar-refractivity contribution is 5.75. The first-order valence-corrected chi connectivity index (χ1v) is 11.3. The molecule has 2 aromatic carbocycles. The van der Waals surface area contributed by atoms with Gasteiger partial charge in [0, 0.05) is 45.4 Å². The minimum absolute atomic E-state index is 0.212. The average Bonchev–Trinajstić information content (AvgIpc) is 3.12. The Balaban J connectivity index is 1.46. The van der Waals surface area contributed by atoms with Gasteiger partial charge < -0.3 is 14.4 Å². The number of imidazole rings is 1. The molecule has 0 unspecified atom stereocenters. The van der Waals surface area contributed by atoms with Gasteiger partial charge in [0.05, 0.1) is 24.7 Å². The quantitative estimate of drug-likeness (QED) is 0.603. The normalized spacial score (nSPS) is 18.0. The van der Waals surface area contributed by atoms with Gasteiger partial charge in [-0.1, -0.05) is 24.3 Å². The SMILES string of the molecule is CCn1c(CN2CCN(Cc3ccc(OC)c(C)c3)[C@H](CCO)C2)nc2ccccc21. The lowest BCUT2D eigenvalue weighted by Gasteiger charge is -2.41. The number of aliphatic hydroxyl groups excluding tert-OH is 1. The number of benzene rings is 2. The third kappa shape index (κ3) is 4.76. The van der Waals surface area contributed by atoms with E-state index in [4.69, 9.17) is 9.72 Å². The van der Waals surface area contributed by atoms with Crippen LogP contribution in [-0.2, 0) is 19.6 Å². The molecule has 1 aliphatic heterocycles. The summed E-state index contributed by atoms with van der Waals surface area (Å²) in [4.78, 5) is 9.91. The number of para-hydroxylation sites is 2. The van der Waals surface area contributed by atoms with Crippen LogP contribution in [0.15, 0.2) is 42.5 Å². The van der Waals surface area contributed by atoms with E-state index in [1.54, 1.807) is 7.11 Å². The first-order valence-electron chi connectivity index (χ1n) is 11.3. The zero-order valence-corrected chi connectivity index (χ0v) is 18.9. The molecule has 0 spiro atoms. The fraction of sp³-hybridized carbons (Fsp3) is 0.480. The molecule has 4 rings (SSSR count). The Bertz CT molecular complexity index is 1020. The number of aryl methyl sites for hydroxylation is 2. The van der Waals surface area contributed by atoms with Gasteiger partial charge in [0.1, 0.15) is 11.6 Å². The number of methoxy groups -OCH3 is 1. The molecule has 2 heterocycles. The highest BCUT2D eigenvalue weighted by Crippen LogP contribution is 2.23. The molecule has 1 N–H and O–H groups in total. The molecule has 6 heteroatoms. The number of nitrogens with zero attached hydrogens (tertiary/aromatic N) is 4. The predicted molar refractivity (Wildman–Crippen MR) is 124 cm³/mol. The molecule has 3 aromatic rings. The maximum Gasteiger partial charge on any atom is 0.124 e. The van der Waals surface area contributed by atoms with Crippen molar-refractivity contribution in [2.45, 2.75) is 45.9 Å². The standard InChI is InChI=1S/C25H34N4O2/c1-4-29-23-8-6-5-7-22(23)26-25(29)18-27-12-13-28(21(17-27)11-14-30)16-20-9-10-24(31-3)19(2)15-20/h5-10,15,21,30H,4,11-14,16-18H2,1-3H3/t21-/m1/s1. The van der Waals surface area contributed by atoms with E-state index in [1.807, 2.05) is 0 Å². The highest BCUT2D eigenvalue weighted by Gasteiger charge is 2.27.